The van der Waals surface area contributed by atoms with E-state index in [2.05, 4.69) is 34.6 Å². The topological polar surface area (TPSA) is 55.1 Å². The predicted molar refractivity (Wildman–Crippen MR) is 98.0 cm³/mol. The summed E-state index contributed by atoms with van der Waals surface area (Å²) < 4.78 is 5.59. The SMILES string of the molecule is O=C(C=Cc1nc2ccccc2o1)NCC1(c2ccccc2)CCC1. The monoisotopic (exact) mass is 332 g/mol. The van der Waals surface area contributed by atoms with Gasteiger partial charge < -0.3 is 9.73 Å². The molecule has 0 atom stereocenters. The Bertz CT molecular complexity index is 875. The number of nitrogens with one attached hydrogen (secondary N) is 1. The van der Waals surface area contributed by atoms with Crippen molar-refractivity contribution in [1.29, 1.82) is 0 Å². The molecular weight excluding hydrogens is 312 g/mol. The smallest absolute Gasteiger partial charge is 0.244 e. The van der Waals surface area contributed by atoms with Crippen molar-refractivity contribution in [2.45, 2.75) is 24.7 Å². The third-order valence-corrected chi connectivity index (χ3v) is 4.99. The maximum absolute atomic E-state index is 12.2. The minimum atomic E-state index is -0.121. The van der Waals surface area contributed by atoms with Gasteiger partial charge in [-0.2, -0.15) is 0 Å². The first-order chi connectivity index (χ1) is 12.3. The van der Waals surface area contributed by atoms with Crippen LogP contribution in [-0.2, 0) is 10.2 Å². The summed E-state index contributed by atoms with van der Waals surface area (Å²) in [6, 6.07) is 18.0. The van der Waals surface area contributed by atoms with E-state index in [0.717, 1.165) is 23.9 Å². The van der Waals surface area contributed by atoms with Gasteiger partial charge >= 0.3 is 0 Å². The van der Waals surface area contributed by atoms with Crippen molar-refractivity contribution in [3.8, 4) is 0 Å². The second kappa shape index (κ2) is 6.55. The molecule has 25 heavy (non-hydrogen) atoms. The molecule has 1 amide bonds. The number of aromatic nitrogens is 1. The molecule has 1 aliphatic rings. The van der Waals surface area contributed by atoms with Gasteiger partial charge in [0, 0.05) is 24.1 Å². The quantitative estimate of drug-likeness (QED) is 0.716. The molecule has 1 aromatic heterocycles. The van der Waals surface area contributed by atoms with E-state index < -0.39 is 0 Å². The van der Waals surface area contributed by atoms with Crippen molar-refractivity contribution in [2.75, 3.05) is 6.54 Å². The molecule has 1 N–H and O–H groups in total. The largest absolute Gasteiger partial charge is 0.437 e. The Labute approximate surface area is 146 Å². The lowest BCUT2D eigenvalue weighted by atomic mass is 9.64. The van der Waals surface area contributed by atoms with E-state index in [1.807, 2.05) is 30.3 Å². The molecule has 126 valence electrons. The van der Waals surface area contributed by atoms with Crippen LogP contribution in [0.25, 0.3) is 17.2 Å². The minimum absolute atomic E-state index is 0.0857. The number of amides is 1. The van der Waals surface area contributed by atoms with Gasteiger partial charge in [0.2, 0.25) is 11.8 Å². The predicted octanol–water partition coefficient (Wildman–Crippen LogP) is 4.08. The van der Waals surface area contributed by atoms with Crippen LogP contribution in [0.1, 0.15) is 30.7 Å². The molecule has 1 heterocycles. The molecule has 0 aliphatic heterocycles. The summed E-state index contributed by atoms with van der Waals surface area (Å²) >= 11 is 0. The summed E-state index contributed by atoms with van der Waals surface area (Å²) in [7, 11) is 0. The van der Waals surface area contributed by atoms with Crippen LogP contribution in [0.3, 0.4) is 0 Å². The Hall–Kier alpha value is -2.88. The second-order valence-electron chi connectivity index (χ2n) is 6.57. The maximum atomic E-state index is 12.2. The summed E-state index contributed by atoms with van der Waals surface area (Å²) in [5.74, 6) is 0.322. The van der Waals surface area contributed by atoms with Crippen LogP contribution in [-0.4, -0.2) is 17.4 Å². The number of carbonyl (C=O) groups is 1. The second-order valence-corrected chi connectivity index (χ2v) is 6.57. The molecule has 0 radical (unpaired) electrons. The van der Waals surface area contributed by atoms with Crippen LogP contribution in [0, 0.1) is 0 Å². The molecular formula is C21H20N2O2. The van der Waals surface area contributed by atoms with Crippen LogP contribution >= 0.6 is 0 Å². The third-order valence-electron chi connectivity index (χ3n) is 4.99. The molecule has 1 aliphatic carbocycles. The average Bonchev–Trinajstić information content (AvgIpc) is 3.03. The Morgan fingerprint density at radius 3 is 2.60 bits per heavy atom. The van der Waals surface area contributed by atoms with Gasteiger partial charge in [0.15, 0.2) is 5.58 Å². The van der Waals surface area contributed by atoms with E-state index in [1.54, 1.807) is 6.08 Å². The number of hydrogen-bond acceptors (Lipinski definition) is 3. The third kappa shape index (κ3) is 3.20. The zero-order chi connectivity index (χ0) is 17.1. The number of benzene rings is 2. The van der Waals surface area contributed by atoms with Crippen molar-refractivity contribution in [3.05, 3.63) is 72.1 Å². The van der Waals surface area contributed by atoms with Gasteiger partial charge in [-0.05, 0) is 30.5 Å². The number of para-hydroxylation sites is 2. The number of rotatable bonds is 5. The fourth-order valence-corrected chi connectivity index (χ4v) is 3.39. The van der Waals surface area contributed by atoms with Crippen LogP contribution < -0.4 is 5.32 Å². The van der Waals surface area contributed by atoms with Gasteiger partial charge in [-0.25, -0.2) is 4.98 Å². The zero-order valence-corrected chi connectivity index (χ0v) is 13.9. The Morgan fingerprint density at radius 2 is 1.88 bits per heavy atom. The number of hydrogen-bond donors (Lipinski definition) is 1. The van der Waals surface area contributed by atoms with E-state index in [4.69, 9.17) is 4.42 Å². The fraction of sp³-hybridized carbons (Fsp3) is 0.238. The minimum Gasteiger partial charge on any atom is -0.437 e. The van der Waals surface area contributed by atoms with E-state index in [-0.39, 0.29) is 11.3 Å². The van der Waals surface area contributed by atoms with E-state index in [1.165, 1.54) is 18.1 Å². The standard InChI is InChI=1S/C21H20N2O2/c24-19(11-12-20-23-17-9-4-5-10-18(17)25-20)22-15-21(13-6-14-21)16-7-2-1-3-8-16/h1-5,7-12H,6,13-15H2,(H,22,24). The Morgan fingerprint density at radius 1 is 1.12 bits per heavy atom. The Kier molecular flexibility index (Phi) is 4.10. The molecule has 2 aromatic carbocycles. The van der Waals surface area contributed by atoms with E-state index in [9.17, 15) is 4.79 Å². The summed E-state index contributed by atoms with van der Waals surface area (Å²) in [5, 5.41) is 3.03. The van der Waals surface area contributed by atoms with Gasteiger partial charge in [0.05, 0.1) is 0 Å². The summed E-state index contributed by atoms with van der Waals surface area (Å²) in [6.07, 6.45) is 6.55. The van der Waals surface area contributed by atoms with Crippen molar-refractivity contribution in [3.63, 3.8) is 0 Å². The van der Waals surface area contributed by atoms with Crippen molar-refractivity contribution < 1.29 is 9.21 Å². The van der Waals surface area contributed by atoms with E-state index >= 15 is 0 Å². The van der Waals surface area contributed by atoms with Crippen molar-refractivity contribution in [1.82, 2.24) is 10.3 Å². The molecule has 0 unspecified atom stereocenters. The molecule has 4 rings (SSSR count). The molecule has 0 spiro atoms. The van der Waals surface area contributed by atoms with Crippen molar-refractivity contribution in [2.24, 2.45) is 0 Å². The molecule has 4 heteroatoms. The van der Waals surface area contributed by atoms with Gasteiger partial charge in [-0.15, -0.1) is 0 Å². The van der Waals surface area contributed by atoms with Gasteiger partial charge in [-0.1, -0.05) is 48.9 Å². The summed E-state index contributed by atoms with van der Waals surface area (Å²) in [5.41, 5.74) is 2.91. The lowest BCUT2D eigenvalue weighted by molar-refractivity contribution is -0.116. The Balaban J connectivity index is 1.40. The molecule has 1 saturated carbocycles. The number of nitrogens with zero attached hydrogens (tertiary/aromatic N) is 1. The van der Waals surface area contributed by atoms with Crippen LogP contribution in [0.4, 0.5) is 0 Å². The maximum Gasteiger partial charge on any atom is 0.244 e. The highest BCUT2D eigenvalue weighted by Crippen LogP contribution is 2.43. The van der Waals surface area contributed by atoms with Crippen LogP contribution in [0.2, 0.25) is 0 Å². The van der Waals surface area contributed by atoms with Gasteiger partial charge in [-0.3, -0.25) is 4.79 Å². The van der Waals surface area contributed by atoms with Gasteiger partial charge in [0.1, 0.15) is 5.52 Å². The summed E-state index contributed by atoms with van der Waals surface area (Å²) in [4.78, 5) is 16.5. The lowest BCUT2D eigenvalue weighted by Gasteiger charge is -2.42. The molecule has 0 saturated heterocycles. The first-order valence-corrected chi connectivity index (χ1v) is 8.62. The average molecular weight is 332 g/mol. The van der Waals surface area contributed by atoms with Crippen molar-refractivity contribution >= 4 is 23.1 Å². The number of fused-ring (bicyclic) bond motifs is 1. The molecule has 1 fully saturated rings. The van der Waals surface area contributed by atoms with E-state index in [0.29, 0.717) is 12.4 Å². The molecule has 0 bridgehead atoms. The highest BCUT2D eigenvalue weighted by Gasteiger charge is 2.38. The fourth-order valence-electron chi connectivity index (χ4n) is 3.39. The first-order valence-electron chi connectivity index (χ1n) is 8.62. The first kappa shape index (κ1) is 15.6. The normalized spacial score (nSPS) is 16.0. The highest BCUT2D eigenvalue weighted by atomic mass is 16.3. The summed E-state index contributed by atoms with van der Waals surface area (Å²) in [6.45, 7) is 0.660. The molecule has 4 nitrogen and oxygen atoms in total. The zero-order valence-electron chi connectivity index (χ0n) is 13.9. The van der Waals surface area contributed by atoms with Crippen LogP contribution in [0.5, 0.6) is 0 Å². The number of carbonyl (C=O) groups excluding carboxylic acids is 1. The number of oxazole rings is 1. The van der Waals surface area contributed by atoms with Crippen LogP contribution in [0.15, 0.2) is 65.1 Å². The van der Waals surface area contributed by atoms with Gasteiger partial charge in [0.25, 0.3) is 0 Å². The lowest BCUT2D eigenvalue weighted by Crippen LogP contribution is -2.45. The molecule has 3 aromatic rings. The highest BCUT2D eigenvalue weighted by molar-refractivity contribution is 5.91.